The first-order valence-electron chi connectivity index (χ1n) is 6.26. The van der Waals surface area contributed by atoms with Crippen LogP contribution in [0, 0.1) is 0 Å². The van der Waals surface area contributed by atoms with Crippen LogP contribution in [0.25, 0.3) is 22.3 Å². The fourth-order valence-electron chi connectivity index (χ4n) is 2.48. The Bertz CT molecular complexity index is 758. The zero-order valence-electron chi connectivity index (χ0n) is 10.2. The topological polar surface area (TPSA) is 58.5 Å². The van der Waals surface area contributed by atoms with E-state index in [2.05, 4.69) is 52.9 Å². The second kappa shape index (κ2) is 4.09. The SMILES string of the molecule is Brc1c(-c2ccc3nc[nH]c3c2)nc2n1CCCN2. The molecule has 5 nitrogen and oxygen atoms in total. The third kappa shape index (κ3) is 1.67. The molecule has 0 aliphatic carbocycles. The average Bonchev–Trinajstić information content (AvgIpc) is 3.03. The molecule has 19 heavy (non-hydrogen) atoms. The molecule has 3 heterocycles. The lowest BCUT2D eigenvalue weighted by atomic mass is 10.1. The number of benzene rings is 1. The van der Waals surface area contributed by atoms with E-state index in [4.69, 9.17) is 0 Å². The number of halogens is 1. The first kappa shape index (κ1) is 11.0. The number of rotatable bonds is 1. The van der Waals surface area contributed by atoms with Crippen LogP contribution in [0.2, 0.25) is 0 Å². The summed E-state index contributed by atoms with van der Waals surface area (Å²) in [5, 5.41) is 3.33. The summed E-state index contributed by atoms with van der Waals surface area (Å²) in [5.41, 5.74) is 4.07. The molecular formula is C13H12BrN5. The van der Waals surface area contributed by atoms with Crippen LogP contribution in [0.15, 0.2) is 29.1 Å². The van der Waals surface area contributed by atoms with Crippen molar-refractivity contribution >= 4 is 32.9 Å². The molecule has 1 aromatic carbocycles. The summed E-state index contributed by atoms with van der Waals surface area (Å²) in [4.78, 5) is 12.1. The highest BCUT2D eigenvalue weighted by molar-refractivity contribution is 9.10. The van der Waals surface area contributed by atoms with E-state index in [1.165, 1.54) is 0 Å². The zero-order valence-corrected chi connectivity index (χ0v) is 11.7. The van der Waals surface area contributed by atoms with Gasteiger partial charge < -0.3 is 14.9 Å². The molecule has 4 rings (SSSR count). The minimum Gasteiger partial charge on any atom is -0.356 e. The molecule has 0 saturated heterocycles. The summed E-state index contributed by atoms with van der Waals surface area (Å²) in [5.74, 6) is 0.942. The molecule has 2 N–H and O–H groups in total. The van der Waals surface area contributed by atoms with Crippen molar-refractivity contribution in [3.63, 3.8) is 0 Å². The summed E-state index contributed by atoms with van der Waals surface area (Å²) in [7, 11) is 0. The van der Waals surface area contributed by atoms with Crippen molar-refractivity contribution in [1.29, 1.82) is 0 Å². The Morgan fingerprint density at radius 3 is 3.16 bits per heavy atom. The molecule has 0 radical (unpaired) electrons. The maximum atomic E-state index is 4.68. The summed E-state index contributed by atoms with van der Waals surface area (Å²) in [6.45, 7) is 1.99. The van der Waals surface area contributed by atoms with Crippen molar-refractivity contribution in [2.75, 3.05) is 11.9 Å². The highest BCUT2D eigenvalue weighted by Crippen LogP contribution is 2.33. The van der Waals surface area contributed by atoms with Crippen LogP contribution in [0.1, 0.15) is 6.42 Å². The van der Waals surface area contributed by atoms with E-state index in [1.54, 1.807) is 6.33 Å². The maximum absolute atomic E-state index is 4.68. The van der Waals surface area contributed by atoms with Crippen molar-refractivity contribution in [3.05, 3.63) is 29.1 Å². The second-order valence-electron chi connectivity index (χ2n) is 4.64. The quantitative estimate of drug-likeness (QED) is 0.725. The molecule has 0 spiro atoms. The van der Waals surface area contributed by atoms with E-state index in [0.29, 0.717) is 0 Å². The Morgan fingerprint density at radius 2 is 2.26 bits per heavy atom. The fourth-order valence-corrected chi connectivity index (χ4v) is 3.14. The average molecular weight is 318 g/mol. The number of H-pyrrole nitrogens is 1. The van der Waals surface area contributed by atoms with Crippen LogP contribution in [0.4, 0.5) is 5.95 Å². The van der Waals surface area contributed by atoms with Gasteiger partial charge in [0, 0.05) is 18.7 Å². The largest absolute Gasteiger partial charge is 0.356 e. The summed E-state index contributed by atoms with van der Waals surface area (Å²) in [6, 6.07) is 6.16. The van der Waals surface area contributed by atoms with Crippen molar-refractivity contribution in [2.45, 2.75) is 13.0 Å². The fraction of sp³-hybridized carbons (Fsp3) is 0.231. The van der Waals surface area contributed by atoms with Crippen LogP contribution in [0.5, 0.6) is 0 Å². The molecule has 2 aromatic heterocycles. The predicted octanol–water partition coefficient (Wildman–Crippen LogP) is 3.00. The highest BCUT2D eigenvalue weighted by atomic mass is 79.9. The minimum atomic E-state index is 0.942. The highest BCUT2D eigenvalue weighted by Gasteiger charge is 2.19. The smallest absolute Gasteiger partial charge is 0.204 e. The van der Waals surface area contributed by atoms with Gasteiger partial charge in [0.05, 0.1) is 17.4 Å². The van der Waals surface area contributed by atoms with E-state index in [1.807, 2.05) is 6.07 Å². The van der Waals surface area contributed by atoms with E-state index < -0.39 is 0 Å². The lowest BCUT2D eigenvalue weighted by molar-refractivity contribution is 0.618. The van der Waals surface area contributed by atoms with Gasteiger partial charge in [-0.05, 0) is 34.5 Å². The number of aromatic amines is 1. The van der Waals surface area contributed by atoms with Crippen LogP contribution in [-0.2, 0) is 6.54 Å². The van der Waals surface area contributed by atoms with Gasteiger partial charge in [0.1, 0.15) is 10.3 Å². The lowest BCUT2D eigenvalue weighted by Gasteiger charge is -2.15. The molecule has 0 bridgehead atoms. The molecule has 96 valence electrons. The van der Waals surface area contributed by atoms with Crippen LogP contribution in [-0.4, -0.2) is 26.1 Å². The number of nitrogens with zero attached hydrogens (tertiary/aromatic N) is 3. The van der Waals surface area contributed by atoms with Crippen molar-refractivity contribution < 1.29 is 0 Å². The van der Waals surface area contributed by atoms with Gasteiger partial charge >= 0.3 is 0 Å². The third-order valence-electron chi connectivity index (χ3n) is 3.44. The van der Waals surface area contributed by atoms with Gasteiger partial charge in [-0.15, -0.1) is 0 Å². The number of anilines is 1. The molecule has 1 aliphatic heterocycles. The van der Waals surface area contributed by atoms with Gasteiger partial charge in [-0.2, -0.15) is 0 Å². The Balaban J connectivity index is 1.89. The van der Waals surface area contributed by atoms with E-state index in [9.17, 15) is 0 Å². The Hall–Kier alpha value is -1.82. The van der Waals surface area contributed by atoms with Crippen LogP contribution in [0.3, 0.4) is 0 Å². The van der Waals surface area contributed by atoms with Gasteiger partial charge in [0.2, 0.25) is 5.95 Å². The van der Waals surface area contributed by atoms with Gasteiger partial charge in [-0.1, -0.05) is 6.07 Å². The molecule has 0 unspecified atom stereocenters. The Kier molecular flexibility index (Phi) is 2.38. The van der Waals surface area contributed by atoms with E-state index >= 15 is 0 Å². The molecule has 0 atom stereocenters. The lowest BCUT2D eigenvalue weighted by Crippen LogP contribution is -2.17. The van der Waals surface area contributed by atoms with E-state index in [0.717, 1.165) is 52.4 Å². The predicted molar refractivity (Wildman–Crippen MR) is 78.1 cm³/mol. The zero-order chi connectivity index (χ0) is 12.8. The number of fused-ring (bicyclic) bond motifs is 2. The first-order valence-corrected chi connectivity index (χ1v) is 7.05. The van der Waals surface area contributed by atoms with Crippen molar-refractivity contribution in [3.8, 4) is 11.3 Å². The Morgan fingerprint density at radius 1 is 1.32 bits per heavy atom. The summed E-state index contributed by atoms with van der Waals surface area (Å²) < 4.78 is 3.21. The second-order valence-corrected chi connectivity index (χ2v) is 5.39. The summed E-state index contributed by atoms with van der Waals surface area (Å²) >= 11 is 3.66. The van der Waals surface area contributed by atoms with E-state index in [-0.39, 0.29) is 0 Å². The van der Waals surface area contributed by atoms with Crippen LogP contribution >= 0.6 is 15.9 Å². The molecule has 0 amide bonds. The number of imidazole rings is 2. The summed E-state index contributed by atoms with van der Waals surface area (Å²) in [6.07, 6.45) is 2.84. The van der Waals surface area contributed by atoms with Gasteiger partial charge in [0.15, 0.2) is 0 Å². The normalized spacial score (nSPS) is 14.4. The maximum Gasteiger partial charge on any atom is 0.204 e. The third-order valence-corrected chi connectivity index (χ3v) is 4.24. The number of aromatic nitrogens is 4. The van der Waals surface area contributed by atoms with Gasteiger partial charge in [0.25, 0.3) is 0 Å². The minimum absolute atomic E-state index is 0.942. The van der Waals surface area contributed by atoms with Gasteiger partial charge in [-0.25, -0.2) is 9.97 Å². The molecule has 0 saturated carbocycles. The Labute approximate surface area is 118 Å². The molecule has 6 heteroatoms. The number of hydrogen-bond acceptors (Lipinski definition) is 3. The van der Waals surface area contributed by atoms with Crippen molar-refractivity contribution in [1.82, 2.24) is 19.5 Å². The molecule has 3 aromatic rings. The monoisotopic (exact) mass is 317 g/mol. The standard InChI is InChI=1S/C13H12BrN5/c14-12-11(18-13-15-4-1-5-19(12)13)8-2-3-9-10(6-8)17-7-16-9/h2-3,6-7H,1,4-5H2,(H,15,18)(H,16,17). The first-order chi connectivity index (χ1) is 9.33. The molecule has 1 aliphatic rings. The molecule has 0 fully saturated rings. The number of nitrogens with one attached hydrogen (secondary N) is 2. The van der Waals surface area contributed by atoms with Crippen LogP contribution < -0.4 is 5.32 Å². The van der Waals surface area contributed by atoms with Crippen molar-refractivity contribution in [2.24, 2.45) is 0 Å². The molecular weight excluding hydrogens is 306 g/mol. The number of hydrogen-bond donors (Lipinski definition) is 2. The van der Waals surface area contributed by atoms with Gasteiger partial charge in [-0.3, -0.25) is 0 Å².